The molecule has 0 bridgehead atoms. The summed E-state index contributed by atoms with van der Waals surface area (Å²) >= 11 is 1.82. The number of hydrogen-bond acceptors (Lipinski definition) is 4. The summed E-state index contributed by atoms with van der Waals surface area (Å²) < 4.78 is 9.05. The van der Waals surface area contributed by atoms with Crippen molar-refractivity contribution < 1.29 is 4.42 Å². The van der Waals surface area contributed by atoms with Crippen LogP contribution in [0, 0.1) is 0 Å². The average Bonchev–Trinajstić information content (AvgIpc) is 3.74. The molecule has 0 spiro atoms. The van der Waals surface area contributed by atoms with Crippen LogP contribution in [-0.2, 0) is 0 Å². The van der Waals surface area contributed by atoms with Crippen molar-refractivity contribution in [1.82, 2.24) is 9.97 Å². The van der Waals surface area contributed by atoms with E-state index < -0.39 is 0 Å². The molecule has 0 aliphatic heterocycles. The van der Waals surface area contributed by atoms with Crippen LogP contribution < -0.4 is 0 Å². The van der Waals surface area contributed by atoms with Crippen LogP contribution in [0.25, 0.3) is 97.9 Å². The highest BCUT2D eigenvalue weighted by atomic mass is 32.1. The molecule has 48 heavy (non-hydrogen) atoms. The van der Waals surface area contributed by atoms with Crippen LogP contribution >= 0.6 is 11.3 Å². The van der Waals surface area contributed by atoms with E-state index in [1.54, 1.807) is 0 Å². The molecule has 0 amide bonds. The third-order valence-corrected chi connectivity index (χ3v) is 10.4. The number of hydrogen-bond donors (Lipinski definition) is 0. The second-order valence-corrected chi connectivity index (χ2v) is 13.2. The fourth-order valence-electron chi connectivity index (χ4n) is 7.06. The Morgan fingerprint density at radius 2 is 1.17 bits per heavy atom. The zero-order chi connectivity index (χ0) is 31.6. The minimum Gasteiger partial charge on any atom is -0.455 e. The molecule has 0 saturated heterocycles. The second kappa shape index (κ2) is 10.7. The lowest BCUT2D eigenvalue weighted by atomic mass is 9.97. The van der Waals surface area contributed by atoms with Gasteiger partial charge in [0.25, 0.3) is 0 Å². The van der Waals surface area contributed by atoms with Gasteiger partial charge in [-0.2, -0.15) is 0 Å². The smallest absolute Gasteiger partial charge is 0.161 e. The molecule has 0 aliphatic rings. The van der Waals surface area contributed by atoms with Crippen LogP contribution in [0.2, 0.25) is 0 Å². The highest BCUT2D eigenvalue weighted by Gasteiger charge is 2.20. The van der Waals surface area contributed by atoms with Crippen molar-refractivity contribution in [2.24, 2.45) is 0 Å². The van der Waals surface area contributed by atoms with Crippen LogP contribution in [0.4, 0.5) is 0 Å². The van der Waals surface area contributed by atoms with Gasteiger partial charge in [0.05, 0.1) is 11.4 Å². The molecule has 0 atom stereocenters. The molecular formula is C44H26N2OS. The van der Waals surface area contributed by atoms with E-state index in [4.69, 9.17) is 14.4 Å². The molecule has 0 radical (unpaired) electrons. The monoisotopic (exact) mass is 630 g/mol. The molecule has 0 unspecified atom stereocenters. The van der Waals surface area contributed by atoms with Crippen LogP contribution in [0.5, 0.6) is 0 Å². The Morgan fingerprint density at radius 3 is 2.02 bits per heavy atom. The van der Waals surface area contributed by atoms with Crippen LogP contribution in [0.3, 0.4) is 0 Å². The summed E-state index contributed by atoms with van der Waals surface area (Å²) in [7, 11) is 0. The van der Waals surface area contributed by atoms with E-state index in [9.17, 15) is 0 Å². The SMILES string of the molecule is c1ccc(-c2cc(-c3nc(-c4ccccc4)cc(-c4cccc5oc6c7ccccc7ccc6c45)n3)c3c(c2)sc2ccccc23)cc1. The third-order valence-electron chi connectivity index (χ3n) is 9.29. The largest absolute Gasteiger partial charge is 0.455 e. The van der Waals surface area contributed by atoms with Crippen LogP contribution in [0.15, 0.2) is 162 Å². The number of fused-ring (bicyclic) bond motifs is 8. The highest BCUT2D eigenvalue weighted by molar-refractivity contribution is 7.26. The number of thiophene rings is 1. The maximum absolute atomic E-state index is 6.58. The molecular weight excluding hydrogens is 605 g/mol. The molecule has 3 heterocycles. The highest BCUT2D eigenvalue weighted by Crippen LogP contribution is 2.44. The second-order valence-electron chi connectivity index (χ2n) is 12.1. The lowest BCUT2D eigenvalue weighted by Crippen LogP contribution is -1.97. The van der Waals surface area contributed by atoms with Gasteiger partial charge in [-0.15, -0.1) is 11.3 Å². The zero-order valence-electron chi connectivity index (χ0n) is 25.7. The summed E-state index contributed by atoms with van der Waals surface area (Å²) in [6.07, 6.45) is 0. The molecule has 3 nitrogen and oxygen atoms in total. The number of nitrogens with zero attached hydrogens (tertiary/aromatic N) is 2. The van der Waals surface area contributed by atoms with Gasteiger partial charge in [-0.25, -0.2) is 9.97 Å². The van der Waals surface area contributed by atoms with E-state index in [-0.39, 0.29) is 0 Å². The predicted octanol–water partition coefficient (Wildman–Crippen LogP) is 12.6. The van der Waals surface area contributed by atoms with E-state index >= 15 is 0 Å². The molecule has 10 rings (SSSR count). The van der Waals surface area contributed by atoms with Gasteiger partial charge in [0.15, 0.2) is 5.82 Å². The fraction of sp³-hybridized carbons (Fsp3) is 0. The van der Waals surface area contributed by atoms with E-state index in [1.165, 1.54) is 25.7 Å². The van der Waals surface area contributed by atoms with Gasteiger partial charge in [0, 0.05) is 53.0 Å². The Labute approximate surface area is 280 Å². The topological polar surface area (TPSA) is 38.9 Å². The molecule has 0 N–H and O–H groups in total. The van der Waals surface area contributed by atoms with Crippen LogP contribution in [-0.4, -0.2) is 9.97 Å². The summed E-state index contributed by atoms with van der Waals surface area (Å²) in [5.74, 6) is 0.702. The van der Waals surface area contributed by atoms with Crippen molar-refractivity contribution in [3.05, 3.63) is 158 Å². The number of furan rings is 1. The Morgan fingerprint density at radius 1 is 0.438 bits per heavy atom. The molecule has 0 aliphatic carbocycles. The maximum atomic E-state index is 6.58. The Bertz CT molecular complexity index is 2830. The summed E-state index contributed by atoms with van der Waals surface area (Å²) in [4.78, 5) is 10.7. The van der Waals surface area contributed by atoms with E-state index in [0.717, 1.165) is 66.4 Å². The standard InChI is InChI=1S/C44H26N2OS/c1-3-12-27(13-4-1)30-24-35(42-33-18-9-10-21-39(33)48-40(42)25-30)44-45-36(29-15-5-2-6-16-29)26-37(46-44)32-19-11-20-38-41(32)34-23-22-28-14-7-8-17-31(28)43(34)47-38/h1-26H. The predicted molar refractivity (Wildman–Crippen MR) is 201 cm³/mol. The first-order valence-corrected chi connectivity index (χ1v) is 16.9. The van der Waals surface area contributed by atoms with Gasteiger partial charge in [0.1, 0.15) is 11.2 Å². The minimum atomic E-state index is 0.702. The summed E-state index contributed by atoms with van der Waals surface area (Å²) in [5, 5.41) is 6.81. The molecule has 4 heteroatoms. The first-order valence-electron chi connectivity index (χ1n) is 16.1. The first-order chi connectivity index (χ1) is 23.8. The van der Waals surface area contributed by atoms with Gasteiger partial charge >= 0.3 is 0 Å². The van der Waals surface area contributed by atoms with Crippen molar-refractivity contribution >= 4 is 64.2 Å². The van der Waals surface area contributed by atoms with Gasteiger partial charge in [-0.05, 0) is 52.9 Å². The van der Waals surface area contributed by atoms with Crippen molar-refractivity contribution in [3.63, 3.8) is 0 Å². The van der Waals surface area contributed by atoms with Gasteiger partial charge < -0.3 is 4.42 Å². The Hall–Kier alpha value is -6.10. The van der Waals surface area contributed by atoms with Gasteiger partial charge in [-0.3, -0.25) is 0 Å². The van der Waals surface area contributed by atoms with Crippen LogP contribution in [0.1, 0.15) is 0 Å². The van der Waals surface area contributed by atoms with E-state index in [2.05, 4.69) is 152 Å². The molecule has 7 aromatic carbocycles. The summed E-state index contributed by atoms with van der Waals surface area (Å²) in [5.41, 5.74) is 8.89. The summed E-state index contributed by atoms with van der Waals surface area (Å²) in [6, 6.07) is 55.3. The maximum Gasteiger partial charge on any atom is 0.161 e. The number of benzene rings is 7. The normalized spacial score (nSPS) is 11.8. The quantitative estimate of drug-likeness (QED) is 0.194. The lowest BCUT2D eigenvalue weighted by molar-refractivity contribution is 0.673. The van der Waals surface area contributed by atoms with Crippen molar-refractivity contribution in [2.45, 2.75) is 0 Å². The minimum absolute atomic E-state index is 0.702. The third kappa shape index (κ3) is 4.27. The zero-order valence-corrected chi connectivity index (χ0v) is 26.5. The van der Waals surface area contributed by atoms with E-state index in [1.807, 2.05) is 17.4 Å². The molecule has 0 fully saturated rings. The van der Waals surface area contributed by atoms with Gasteiger partial charge in [0.2, 0.25) is 0 Å². The molecule has 0 saturated carbocycles. The average molecular weight is 631 g/mol. The molecule has 224 valence electrons. The Kier molecular flexibility index (Phi) is 6.05. The lowest BCUT2D eigenvalue weighted by Gasteiger charge is -2.13. The molecule has 10 aromatic rings. The molecule has 3 aromatic heterocycles. The Balaban J connectivity index is 1.29. The number of aromatic nitrogens is 2. The van der Waals surface area contributed by atoms with Gasteiger partial charge in [-0.1, -0.05) is 121 Å². The van der Waals surface area contributed by atoms with Crippen molar-refractivity contribution in [1.29, 1.82) is 0 Å². The first kappa shape index (κ1) is 27.1. The number of rotatable bonds is 4. The van der Waals surface area contributed by atoms with Crippen molar-refractivity contribution in [2.75, 3.05) is 0 Å². The summed E-state index contributed by atoms with van der Waals surface area (Å²) in [6.45, 7) is 0. The fourth-order valence-corrected chi connectivity index (χ4v) is 8.23. The van der Waals surface area contributed by atoms with E-state index in [0.29, 0.717) is 5.82 Å². The van der Waals surface area contributed by atoms with Crippen molar-refractivity contribution in [3.8, 4) is 45.0 Å².